The summed E-state index contributed by atoms with van der Waals surface area (Å²) in [5.41, 5.74) is 0. The van der Waals surface area contributed by atoms with Crippen molar-refractivity contribution in [1.82, 2.24) is 4.91 Å². The number of carbonyl (C=O) groups excluding carboxylic acids is 1. The highest BCUT2D eigenvalue weighted by molar-refractivity contribution is 5.75. The molecule has 1 N–H and O–H groups in total. The fourth-order valence-corrected chi connectivity index (χ4v) is 1.77. The van der Waals surface area contributed by atoms with Crippen molar-refractivity contribution in [2.75, 3.05) is 0 Å². The average Bonchev–Trinajstić information content (AvgIpc) is 3.28. The fraction of sp³-hybridized carbons (Fsp3) is 0.867. The first kappa shape index (κ1) is 19.5. The lowest BCUT2D eigenvalue weighted by Gasteiger charge is -1.96. The number of carboxylic acid groups (broad SMARTS) is 1. The van der Waals surface area contributed by atoms with Crippen molar-refractivity contribution in [3.8, 4) is 0 Å². The minimum Gasteiger partial charge on any atom is -0.481 e. The van der Waals surface area contributed by atoms with E-state index < -0.39 is 5.97 Å². The van der Waals surface area contributed by atoms with E-state index in [-0.39, 0.29) is 5.91 Å². The predicted molar refractivity (Wildman–Crippen MR) is 79.4 cm³/mol. The zero-order chi connectivity index (χ0) is 15.9. The summed E-state index contributed by atoms with van der Waals surface area (Å²) in [7, 11) is 0. The Morgan fingerprint density at radius 3 is 1.81 bits per heavy atom. The molecule has 0 aromatic carbocycles. The predicted octanol–water partition coefficient (Wildman–Crippen LogP) is 4.72. The second kappa shape index (κ2) is 13.5. The van der Waals surface area contributed by atoms with E-state index in [2.05, 4.69) is 23.2 Å². The van der Waals surface area contributed by atoms with Crippen LogP contribution in [0.3, 0.4) is 0 Å². The first-order chi connectivity index (χ1) is 10.1. The van der Waals surface area contributed by atoms with Gasteiger partial charge < -0.3 is 5.11 Å². The third-order valence-corrected chi connectivity index (χ3v) is 3.09. The van der Waals surface area contributed by atoms with E-state index in [1.165, 1.54) is 25.7 Å². The molecule has 0 saturated heterocycles. The van der Waals surface area contributed by atoms with Crippen molar-refractivity contribution >= 4 is 11.9 Å². The topological polar surface area (TPSA) is 85.6 Å². The maximum absolute atomic E-state index is 11.0. The van der Waals surface area contributed by atoms with Crippen LogP contribution in [0.25, 0.3) is 0 Å². The lowest BCUT2D eigenvalue weighted by Crippen LogP contribution is -2.00. The van der Waals surface area contributed by atoms with Crippen LogP contribution >= 0.6 is 0 Å². The lowest BCUT2D eigenvalue weighted by molar-refractivity contribution is -0.137. The molecular formula is C15H29NO5. The summed E-state index contributed by atoms with van der Waals surface area (Å²) in [6, 6.07) is 0. The molecule has 21 heavy (non-hydrogen) atoms. The molecule has 0 saturated carbocycles. The van der Waals surface area contributed by atoms with Gasteiger partial charge in [0.05, 0.1) is 4.91 Å². The third-order valence-electron chi connectivity index (χ3n) is 3.09. The zero-order valence-electron chi connectivity index (χ0n) is 13.3. The number of aliphatic carboxylic acids is 1. The molecule has 0 bridgehead atoms. The lowest BCUT2D eigenvalue weighted by atomic mass is 10.1. The minimum atomic E-state index is -0.682. The van der Waals surface area contributed by atoms with Gasteiger partial charge in [-0.1, -0.05) is 58.8 Å². The van der Waals surface area contributed by atoms with Crippen LogP contribution in [0.1, 0.15) is 89.3 Å². The molecule has 1 heterocycles. The number of rotatable bonds is 11. The SMILES string of the molecule is CCCCCC(=O)O.CCCCCCCCC(=O)n1oo1. The van der Waals surface area contributed by atoms with Crippen LogP contribution in [0.2, 0.25) is 0 Å². The molecule has 0 spiro atoms. The molecule has 1 aromatic heterocycles. The Balaban J connectivity index is 0.000000433. The maximum Gasteiger partial charge on any atom is 0.305 e. The molecule has 0 unspecified atom stereocenters. The van der Waals surface area contributed by atoms with Crippen molar-refractivity contribution in [2.45, 2.75) is 84.5 Å². The molecular weight excluding hydrogens is 274 g/mol. The Morgan fingerprint density at radius 1 is 0.810 bits per heavy atom. The number of hydrogen-bond acceptors (Lipinski definition) is 4. The Morgan fingerprint density at radius 2 is 1.29 bits per heavy atom. The van der Waals surface area contributed by atoms with E-state index in [1.54, 1.807) is 0 Å². The molecule has 6 nitrogen and oxygen atoms in total. The number of unbranched alkanes of at least 4 members (excludes halogenated alkanes) is 7. The summed E-state index contributed by atoms with van der Waals surface area (Å²) in [5.74, 6) is -0.756. The van der Waals surface area contributed by atoms with Crippen LogP contribution in [0.5, 0.6) is 0 Å². The summed E-state index contributed by atoms with van der Waals surface area (Å²) in [5, 5.41) is 8.14. The summed E-state index contributed by atoms with van der Waals surface area (Å²) >= 11 is 0. The smallest absolute Gasteiger partial charge is 0.305 e. The Labute approximate surface area is 126 Å². The van der Waals surface area contributed by atoms with Crippen LogP contribution in [-0.2, 0) is 4.79 Å². The number of hydrogen-bond donors (Lipinski definition) is 1. The summed E-state index contributed by atoms with van der Waals surface area (Å²) < 4.78 is 8.50. The van der Waals surface area contributed by atoms with Gasteiger partial charge in [0.2, 0.25) is 0 Å². The largest absolute Gasteiger partial charge is 0.481 e. The van der Waals surface area contributed by atoms with Crippen LogP contribution < -0.4 is 0 Å². The van der Waals surface area contributed by atoms with Gasteiger partial charge in [-0.3, -0.25) is 9.59 Å². The van der Waals surface area contributed by atoms with Crippen LogP contribution in [-0.4, -0.2) is 21.9 Å². The molecule has 1 aromatic rings. The molecule has 0 aliphatic heterocycles. The van der Waals surface area contributed by atoms with Gasteiger partial charge in [0.25, 0.3) is 0 Å². The number of carbonyl (C=O) groups is 2. The third kappa shape index (κ3) is 14.8. The zero-order valence-corrected chi connectivity index (χ0v) is 13.3. The van der Waals surface area contributed by atoms with Crippen molar-refractivity contribution in [2.24, 2.45) is 0 Å². The van der Waals surface area contributed by atoms with Gasteiger partial charge in [-0.25, -0.2) is 0 Å². The van der Waals surface area contributed by atoms with Crippen LogP contribution in [0.15, 0.2) is 9.36 Å². The van der Waals surface area contributed by atoms with Gasteiger partial charge in [-0.2, -0.15) is 0 Å². The van der Waals surface area contributed by atoms with Gasteiger partial charge in [0, 0.05) is 12.8 Å². The highest BCUT2D eigenvalue weighted by Crippen LogP contribution is 2.08. The van der Waals surface area contributed by atoms with Crippen LogP contribution in [0.4, 0.5) is 0 Å². The summed E-state index contributed by atoms with van der Waals surface area (Å²) in [6.07, 6.45) is 10.9. The molecule has 0 amide bonds. The van der Waals surface area contributed by atoms with Crippen molar-refractivity contribution in [3.05, 3.63) is 0 Å². The minimum absolute atomic E-state index is 0.0736. The normalized spacial score (nSPS) is 10.2. The second-order valence-corrected chi connectivity index (χ2v) is 5.17. The molecule has 0 atom stereocenters. The van der Waals surface area contributed by atoms with Crippen LogP contribution in [0, 0.1) is 0 Å². The van der Waals surface area contributed by atoms with Crippen molar-refractivity contribution in [3.63, 3.8) is 0 Å². The van der Waals surface area contributed by atoms with Gasteiger partial charge in [0.1, 0.15) is 0 Å². The van der Waals surface area contributed by atoms with Crippen molar-refractivity contribution in [1.29, 1.82) is 0 Å². The first-order valence-electron chi connectivity index (χ1n) is 8.01. The van der Waals surface area contributed by atoms with Crippen molar-refractivity contribution < 1.29 is 24.1 Å². The van der Waals surface area contributed by atoms with Gasteiger partial charge in [0.15, 0.2) is 0 Å². The van der Waals surface area contributed by atoms with Gasteiger partial charge >= 0.3 is 11.9 Å². The molecule has 0 radical (unpaired) electrons. The molecule has 124 valence electrons. The molecule has 6 heteroatoms. The van der Waals surface area contributed by atoms with E-state index in [9.17, 15) is 9.59 Å². The van der Waals surface area contributed by atoms with E-state index >= 15 is 0 Å². The average molecular weight is 303 g/mol. The van der Waals surface area contributed by atoms with E-state index in [4.69, 9.17) is 5.11 Å². The van der Waals surface area contributed by atoms with E-state index in [0.717, 1.165) is 37.0 Å². The Hall–Kier alpha value is -1.46. The Kier molecular flexibility index (Phi) is 12.6. The summed E-state index contributed by atoms with van der Waals surface area (Å²) in [6.45, 7) is 4.25. The standard InChI is InChI=1S/C9H17NO3.C6H12O2/c1-2-3-4-5-6-7-8-9(11)10-12-13-10;1-2-3-4-5-6(7)8/h2-8H2,1H3;2-5H2,1H3,(H,7,8). The quantitative estimate of drug-likeness (QED) is 0.472. The number of carboxylic acids is 1. The highest BCUT2D eigenvalue weighted by atomic mass is 17.3. The molecule has 1 rings (SSSR count). The van der Waals surface area contributed by atoms with E-state index in [0.29, 0.717) is 12.8 Å². The second-order valence-electron chi connectivity index (χ2n) is 5.17. The van der Waals surface area contributed by atoms with E-state index in [1.807, 2.05) is 0 Å². The molecule has 0 aliphatic rings. The number of nitrogens with zero attached hydrogens (tertiary/aromatic N) is 1. The monoisotopic (exact) mass is 303 g/mol. The Bertz CT molecular complexity index is 342. The highest BCUT2D eigenvalue weighted by Gasteiger charge is 2.13. The molecule has 0 aliphatic carbocycles. The fourth-order valence-electron chi connectivity index (χ4n) is 1.77. The first-order valence-corrected chi connectivity index (χ1v) is 8.01. The van der Waals surface area contributed by atoms with Gasteiger partial charge in [-0.15, -0.1) is 9.36 Å². The maximum atomic E-state index is 11.0. The summed E-state index contributed by atoms with van der Waals surface area (Å²) in [4.78, 5) is 21.8. The molecule has 0 fully saturated rings. The van der Waals surface area contributed by atoms with Gasteiger partial charge in [-0.05, 0) is 12.8 Å². The number of aromatic nitrogens is 1.